The fraction of sp³-hybridized carbons (Fsp3) is 0.588. The third kappa shape index (κ3) is 3.50. The Bertz CT molecular complexity index is 578. The van der Waals surface area contributed by atoms with Gasteiger partial charge in [0.25, 0.3) is 0 Å². The van der Waals surface area contributed by atoms with Crippen LogP contribution in [-0.2, 0) is 23.7 Å². The summed E-state index contributed by atoms with van der Waals surface area (Å²) in [5.41, 5.74) is 0.481. The first-order chi connectivity index (χ1) is 11.4. The first-order valence-corrected chi connectivity index (χ1v) is 8.93. The average molecular weight is 401 g/mol. The van der Waals surface area contributed by atoms with E-state index in [-0.39, 0.29) is 0 Å². The van der Waals surface area contributed by atoms with Crippen LogP contribution in [-0.4, -0.2) is 54.9 Å². The average Bonchev–Trinajstić information content (AvgIpc) is 2.91. The molecule has 0 amide bonds. The van der Waals surface area contributed by atoms with Crippen molar-refractivity contribution in [2.75, 3.05) is 12.4 Å². The molecule has 1 aromatic rings. The Balaban J connectivity index is 1.83. The van der Waals surface area contributed by atoms with Gasteiger partial charge in [0.2, 0.25) is 0 Å². The highest BCUT2D eigenvalue weighted by Gasteiger charge is 2.56. The van der Waals surface area contributed by atoms with E-state index >= 15 is 0 Å². The van der Waals surface area contributed by atoms with E-state index in [0.29, 0.717) is 10.9 Å². The zero-order valence-corrected chi connectivity index (χ0v) is 15.4. The van der Waals surface area contributed by atoms with E-state index in [0.717, 1.165) is 0 Å². The summed E-state index contributed by atoms with van der Waals surface area (Å²) in [5.74, 6) is -1.22. The number of hydrogen-bond donors (Lipinski definition) is 0. The SMILES string of the molecule is CO[C@H]1O[C@H](CBr)[C@H](OC(=O)c2ccccc2)[C@@H]2OC(C)(C)O[C@@H]12. The number of halogens is 1. The molecule has 132 valence electrons. The standard InChI is InChI=1S/C17H21BrO6/c1-17(2)23-13-12(22-15(19)10-7-5-4-6-8-10)11(9-18)21-16(20-3)14(13)24-17/h4-8,11-14,16H,9H2,1-3H3/t11-,12+,13+,14-,16+/m1/s1. The molecule has 2 aliphatic heterocycles. The summed E-state index contributed by atoms with van der Waals surface area (Å²) in [6, 6.07) is 8.84. The lowest BCUT2D eigenvalue weighted by Gasteiger charge is -2.40. The highest BCUT2D eigenvalue weighted by molar-refractivity contribution is 9.09. The Morgan fingerprint density at radius 1 is 1.21 bits per heavy atom. The van der Waals surface area contributed by atoms with E-state index in [4.69, 9.17) is 23.7 Å². The monoisotopic (exact) mass is 400 g/mol. The molecule has 0 saturated carbocycles. The van der Waals surface area contributed by atoms with Crippen molar-refractivity contribution < 1.29 is 28.5 Å². The molecule has 1 aromatic carbocycles. The van der Waals surface area contributed by atoms with E-state index in [1.807, 2.05) is 19.9 Å². The van der Waals surface area contributed by atoms with Gasteiger partial charge in [-0.3, -0.25) is 0 Å². The van der Waals surface area contributed by atoms with Crippen LogP contribution in [0, 0.1) is 0 Å². The van der Waals surface area contributed by atoms with Gasteiger partial charge in [0.1, 0.15) is 18.3 Å². The highest BCUT2D eigenvalue weighted by Crippen LogP contribution is 2.39. The van der Waals surface area contributed by atoms with Gasteiger partial charge in [-0.05, 0) is 26.0 Å². The van der Waals surface area contributed by atoms with Crippen LogP contribution in [0.1, 0.15) is 24.2 Å². The van der Waals surface area contributed by atoms with E-state index in [2.05, 4.69) is 15.9 Å². The molecule has 2 heterocycles. The van der Waals surface area contributed by atoms with E-state index in [9.17, 15) is 4.79 Å². The van der Waals surface area contributed by atoms with Gasteiger partial charge < -0.3 is 23.7 Å². The summed E-state index contributed by atoms with van der Waals surface area (Å²) in [5, 5.41) is 0.479. The number of ether oxygens (including phenoxy) is 5. The number of rotatable bonds is 4. The van der Waals surface area contributed by atoms with Crippen molar-refractivity contribution in [3.05, 3.63) is 35.9 Å². The second-order valence-electron chi connectivity index (χ2n) is 6.23. The second-order valence-corrected chi connectivity index (χ2v) is 6.88. The molecule has 0 aliphatic carbocycles. The summed E-state index contributed by atoms with van der Waals surface area (Å²) in [7, 11) is 1.55. The maximum Gasteiger partial charge on any atom is 0.338 e. The zero-order valence-electron chi connectivity index (χ0n) is 13.8. The molecular weight excluding hydrogens is 380 g/mol. The minimum atomic E-state index is -0.798. The van der Waals surface area contributed by atoms with Crippen LogP contribution in [0.25, 0.3) is 0 Å². The molecule has 0 aromatic heterocycles. The number of hydrogen-bond acceptors (Lipinski definition) is 6. The number of benzene rings is 1. The normalized spacial score (nSPS) is 34.6. The van der Waals surface area contributed by atoms with Crippen molar-refractivity contribution in [3.8, 4) is 0 Å². The first kappa shape index (κ1) is 17.8. The van der Waals surface area contributed by atoms with Crippen LogP contribution in [0.15, 0.2) is 30.3 Å². The van der Waals surface area contributed by atoms with Crippen molar-refractivity contribution in [3.63, 3.8) is 0 Å². The number of alkyl halides is 1. The quantitative estimate of drug-likeness (QED) is 0.571. The summed E-state index contributed by atoms with van der Waals surface area (Å²) in [6.45, 7) is 3.63. The third-order valence-electron chi connectivity index (χ3n) is 4.07. The van der Waals surface area contributed by atoms with Crippen molar-refractivity contribution in [1.29, 1.82) is 0 Å². The molecule has 6 nitrogen and oxygen atoms in total. The minimum absolute atomic E-state index is 0.402. The maximum absolute atomic E-state index is 12.5. The largest absolute Gasteiger partial charge is 0.453 e. The third-order valence-corrected chi connectivity index (χ3v) is 4.71. The highest BCUT2D eigenvalue weighted by atomic mass is 79.9. The van der Waals surface area contributed by atoms with Crippen LogP contribution in [0.3, 0.4) is 0 Å². The Hall–Kier alpha value is -0.990. The molecule has 24 heavy (non-hydrogen) atoms. The van der Waals surface area contributed by atoms with E-state index in [1.54, 1.807) is 31.4 Å². The molecule has 5 atom stereocenters. The molecule has 0 unspecified atom stereocenters. The van der Waals surface area contributed by atoms with Gasteiger partial charge in [0.05, 0.1) is 5.56 Å². The van der Waals surface area contributed by atoms with Crippen molar-refractivity contribution in [2.24, 2.45) is 0 Å². The molecular formula is C17H21BrO6. The van der Waals surface area contributed by atoms with Crippen LogP contribution >= 0.6 is 15.9 Å². The van der Waals surface area contributed by atoms with E-state index in [1.165, 1.54) is 0 Å². The second kappa shape index (κ2) is 7.09. The fourth-order valence-electron chi connectivity index (χ4n) is 3.04. The smallest absolute Gasteiger partial charge is 0.338 e. The predicted octanol–water partition coefficient (Wildman–Crippen LogP) is 2.50. The summed E-state index contributed by atoms with van der Waals surface area (Å²) in [4.78, 5) is 12.5. The fourth-order valence-corrected chi connectivity index (χ4v) is 3.56. The van der Waals surface area contributed by atoms with Crippen molar-refractivity contribution >= 4 is 21.9 Å². The Kier molecular flexibility index (Phi) is 5.27. The molecule has 0 spiro atoms. The van der Waals surface area contributed by atoms with Gasteiger partial charge in [-0.1, -0.05) is 34.1 Å². The molecule has 3 rings (SSSR count). The first-order valence-electron chi connectivity index (χ1n) is 7.81. The number of carbonyl (C=O) groups excluding carboxylic acids is 1. The van der Waals surface area contributed by atoms with Gasteiger partial charge in [-0.2, -0.15) is 0 Å². The van der Waals surface area contributed by atoms with Crippen LogP contribution in [0.5, 0.6) is 0 Å². The van der Waals surface area contributed by atoms with Gasteiger partial charge >= 0.3 is 5.97 Å². The lowest BCUT2D eigenvalue weighted by molar-refractivity contribution is -0.261. The molecule has 0 radical (unpaired) electrons. The number of esters is 1. The van der Waals surface area contributed by atoms with E-state index < -0.39 is 42.5 Å². The molecule has 2 fully saturated rings. The zero-order chi connectivity index (χ0) is 17.3. The minimum Gasteiger partial charge on any atom is -0.453 e. The number of methoxy groups -OCH3 is 1. The summed E-state index contributed by atoms with van der Waals surface area (Å²) < 4.78 is 28.9. The maximum atomic E-state index is 12.5. The summed E-state index contributed by atoms with van der Waals surface area (Å²) >= 11 is 3.41. The van der Waals surface area contributed by atoms with Crippen LogP contribution < -0.4 is 0 Å². The Labute approximate surface area is 149 Å². The van der Waals surface area contributed by atoms with Crippen molar-refractivity contribution in [2.45, 2.75) is 50.3 Å². The van der Waals surface area contributed by atoms with Gasteiger partial charge in [0, 0.05) is 12.4 Å². The van der Waals surface area contributed by atoms with Crippen molar-refractivity contribution in [1.82, 2.24) is 0 Å². The van der Waals surface area contributed by atoms with Gasteiger partial charge in [-0.25, -0.2) is 4.79 Å². The molecule has 0 bridgehead atoms. The Morgan fingerprint density at radius 2 is 1.88 bits per heavy atom. The number of carbonyl (C=O) groups is 1. The van der Waals surface area contributed by atoms with Gasteiger partial charge in [0.15, 0.2) is 18.2 Å². The van der Waals surface area contributed by atoms with Crippen LogP contribution in [0.4, 0.5) is 0 Å². The topological polar surface area (TPSA) is 63.2 Å². The Morgan fingerprint density at radius 3 is 2.50 bits per heavy atom. The molecule has 2 aliphatic rings. The lowest BCUT2D eigenvalue weighted by Crippen LogP contribution is -2.58. The number of fused-ring (bicyclic) bond motifs is 1. The van der Waals surface area contributed by atoms with Crippen LogP contribution in [0.2, 0.25) is 0 Å². The predicted molar refractivity (Wildman–Crippen MR) is 88.9 cm³/mol. The molecule has 0 N–H and O–H groups in total. The summed E-state index contributed by atoms with van der Waals surface area (Å²) in [6.07, 6.45) is -2.51. The van der Waals surface area contributed by atoms with Gasteiger partial charge in [-0.15, -0.1) is 0 Å². The lowest BCUT2D eigenvalue weighted by atomic mass is 9.99. The molecule has 2 saturated heterocycles. The molecule has 7 heteroatoms.